The van der Waals surface area contributed by atoms with Crippen LogP contribution in [0.3, 0.4) is 0 Å². The second kappa shape index (κ2) is 7.38. The fraction of sp³-hybridized carbons (Fsp3) is 0.300. The van der Waals surface area contributed by atoms with Crippen molar-refractivity contribution in [3.63, 3.8) is 0 Å². The number of nitrogens with zero attached hydrogens (tertiary/aromatic N) is 1. The van der Waals surface area contributed by atoms with Crippen LogP contribution in [0.2, 0.25) is 5.02 Å². The summed E-state index contributed by atoms with van der Waals surface area (Å²) >= 11 is 5.96. The van der Waals surface area contributed by atoms with E-state index >= 15 is 0 Å². The molecule has 26 heavy (non-hydrogen) atoms. The first-order valence-corrected chi connectivity index (χ1v) is 8.75. The molecule has 3 rings (SSSR count). The Morgan fingerprint density at radius 1 is 1.23 bits per heavy atom. The van der Waals surface area contributed by atoms with Crippen LogP contribution in [0.15, 0.2) is 48.5 Å². The SMILES string of the molecule is CC1(C(=O)O)CCN(C(=O)c2cccc(OCc3cccc(Cl)c3)c2)C1. The number of carbonyl (C=O) groups is 2. The molecule has 1 fully saturated rings. The van der Waals surface area contributed by atoms with Gasteiger partial charge in [-0.3, -0.25) is 9.59 Å². The maximum Gasteiger partial charge on any atom is 0.311 e. The fourth-order valence-electron chi connectivity index (χ4n) is 3.00. The number of halogens is 1. The summed E-state index contributed by atoms with van der Waals surface area (Å²) in [7, 11) is 0. The number of carboxylic acid groups (broad SMARTS) is 1. The van der Waals surface area contributed by atoms with Crippen LogP contribution in [-0.4, -0.2) is 35.0 Å². The highest BCUT2D eigenvalue weighted by Gasteiger charge is 2.42. The molecule has 1 heterocycles. The molecule has 136 valence electrons. The zero-order valence-electron chi connectivity index (χ0n) is 14.4. The lowest BCUT2D eigenvalue weighted by Gasteiger charge is -2.20. The van der Waals surface area contributed by atoms with Gasteiger partial charge in [-0.1, -0.05) is 29.8 Å². The molecule has 5 nitrogen and oxygen atoms in total. The zero-order valence-corrected chi connectivity index (χ0v) is 15.2. The first-order chi connectivity index (χ1) is 12.4. The topological polar surface area (TPSA) is 66.8 Å². The molecule has 2 aromatic rings. The molecular formula is C20H20ClNO4. The Kier molecular flexibility index (Phi) is 5.18. The van der Waals surface area contributed by atoms with E-state index in [1.807, 2.05) is 18.2 Å². The van der Waals surface area contributed by atoms with Crippen molar-refractivity contribution in [1.29, 1.82) is 0 Å². The van der Waals surface area contributed by atoms with Crippen LogP contribution in [0.25, 0.3) is 0 Å². The summed E-state index contributed by atoms with van der Waals surface area (Å²) < 4.78 is 5.76. The molecule has 1 atom stereocenters. The van der Waals surface area contributed by atoms with Crippen molar-refractivity contribution in [1.82, 2.24) is 4.90 Å². The molecule has 1 amide bonds. The smallest absolute Gasteiger partial charge is 0.311 e. The number of carboxylic acids is 1. The van der Waals surface area contributed by atoms with E-state index in [0.29, 0.717) is 35.9 Å². The summed E-state index contributed by atoms with van der Waals surface area (Å²) in [6, 6.07) is 14.3. The number of hydrogen-bond acceptors (Lipinski definition) is 3. The van der Waals surface area contributed by atoms with Gasteiger partial charge in [0.25, 0.3) is 5.91 Å². The van der Waals surface area contributed by atoms with E-state index in [2.05, 4.69) is 0 Å². The maximum atomic E-state index is 12.7. The molecular weight excluding hydrogens is 354 g/mol. The average Bonchev–Trinajstić information content (AvgIpc) is 3.03. The minimum Gasteiger partial charge on any atom is -0.489 e. The molecule has 0 saturated carbocycles. The molecule has 6 heteroatoms. The largest absolute Gasteiger partial charge is 0.489 e. The lowest BCUT2D eigenvalue weighted by atomic mass is 9.90. The first-order valence-electron chi connectivity index (χ1n) is 8.37. The van der Waals surface area contributed by atoms with Crippen molar-refractivity contribution in [2.75, 3.05) is 13.1 Å². The Morgan fingerprint density at radius 2 is 2.00 bits per heavy atom. The van der Waals surface area contributed by atoms with Gasteiger partial charge in [0.1, 0.15) is 12.4 Å². The summed E-state index contributed by atoms with van der Waals surface area (Å²) in [5.41, 5.74) is 0.547. The van der Waals surface area contributed by atoms with Crippen LogP contribution in [0, 0.1) is 5.41 Å². The third-order valence-corrected chi connectivity index (χ3v) is 4.89. The van der Waals surface area contributed by atoms with Crippen molar-refractivity contribution in [3.8, 4) is 5.75 Å². The van der Waals surface area contributed by atoms with Crippen LogP contribution in [0.5, 0.6) is 5.75 Å². The Balaban J connectivity index is 1.67. The predicted molar refractivity (Wildman–Crippen MR) is 98.5 cm³/mol. The van der Waals surface area contributed by atoms with E-state index in [9.17, 15) is 14.7 Å². The van der Waals surface area contributed by atoms with E-state index in [-0.39, 0.29) is 12.5 Å². The number of carbonyl (C=O) groups excluding carboxylic acids is 1. The van der Waals surface area contributed by atoms with Gasteiger partial charge in [0.2, 0.25) is 0 Å². The molecule has 0 radical (unpaired) electrons. The highest BCUT2D eigenvalue weighted by Crippen LogP contribution is 2.31. The summed E-state index contributed by atoms with van der Waals surface area (Å²) in [5.74, 6) is -0.467. The number of rotatable bonds is 5. The van der Waals surface area contributed by atoms with Gasteiger partial charge in [-0.15, -0.1) is 0 Å². The molecule has 1 N–H and O–H groups in total. The van der Waals surface area contributed by atoms with Gasteiger partial charge in [0, 0.05) is 23.7 Å². The Morgan fingerprint density at radius 3 is 2.69 bits per heavy atom. The minimum absolute atomic E-state index is 0.178. The quantitative estimate of drug-likeness (QED) is 0.864. The predicted octanol–water partition coefficient (Wildman–Crippen LogP) is 3.86. The lowest BCUT2D eigenvalue weighted by molar-refractivity contribution is -0.147. The van der Waals surface area contributed by atoms with Crippen LogP contribution in [-0.2, 0) is 11.4 Å². The van der Waals surface area contributed by atoms with Crippen LogP contribution >= 0.6 is 11.6 Å². The standard InChI is InChI=1S/C20H20ClNO4/c1-20(19(24)25)8-9-22(13-20)18(23)15-5-3-7-17(11-15)26-12-14-4-2-6-16(21)10-14/h2-7,10-11H,8-9,12-13H2,1H3,(H,24,25). The van der Waals surface area contributed by atoms with Crippen molar-refractivity contribution in [2.45, 2.75) is 20.0 Å². The van der Waals surface area contributed by atoms with Gasteiger partial charge < -0.3 is 14.7 Å². The number of ether oxygens (including phenoxy) is 1. The summed E-state index contributed by atoms with van der Waals surface area (Å²) in [6.45, 7) is 2.68. The van der Waals surface area contributed by atoms with E-state index < -0.39 is 11.4 Å². The molecule has 1 unspecified atom stereocenters. The van der Waals surface area contributed by atoms with Crippen LogP contribution < -0.4 is 4.74 Å². The minimum atomic E-state index is -0.879. The van der Waals surface area contributed by atoms with Crippen molar-refractivity contribution in [3.05, 3.63) is 64.7 Å². The third kappa shape index (κ3) is 3.99. The Labute approximate surface area is 157 Å². The highest BCUT2D eigenvalue weighted by atomic mass is 35.5. The van der Waals surface area contributed by atoms with Crippen molar-refractivity contribution in [2.24, 2.45) is 5.41 Å². The third-order valence-electron chi connectivity index (χ3n) is 4.65. The van der Waals surface area contributed by atoms with Gasteiger partial charge in [-0.25, -0.2) is 0 Å². The number of amides is 1. The highest BCUT2D eigenvalue weighted by molar-refractivity contribution is 6.30. The molecule has 0 aliphatic carbocycles. The second-order valence-corrected chi connectivity index (χ2v) is 7.23. The Bertz CT molecular complexity index is 838. The second-order valence-electron chi connectivity index (χ2n) is 6.79. The maximum absolute atomic E-state index is 12.7. The van der Waals surface area contributed by atoms with Gasteiger partial charge in [0.15, 0.2) is 0 Å². The molecule has 1 saturated heterocycles. The molecule has 0 bridgehead atoms. The normalized spacial score (nSPS) is 19.4. The lowest BCUT2D eigenvalue weighted by Crippen LogP contribution is -2.34. The molecule has 1 aliphatic heterocycles. The van der Waals surface area contributed by atoms with E-state index in [4.69, 9.17) is 16.3 Å². The van der Waals surface area contributed by atoms with Crippen LogP contribution in [0.1, 0.15) is 29.3 Å². The fourth-order valence-corrected chi connectivity index (χ4v) is 3.22. The number of likely N-dealkylation sites (tertiary alicyclic amines) is 1. The van der Waals surface area contributed by atoms with E-state index in [1.54, 1.807) is 42.2 Å². The number of benzene rings is 2. The molecule has 0 spiro atoms. The summed E-state index contributed by atoms with van der Waals surface area (Å²) in [4.78, 5) is 25.6. The van der Waals surface area contributed by atoms with Gasteiger partial charge in [-0.05, 0) is 49.2 Å². The summed E-state index contributed by atoms with van der Waals surface area (Å²) in [5, 5.41) is 9.96. The van der Waals surface area contributed by atoms with Gasteiger partial charge >= 0.3 is 5.97 Å². The van der Waals surface area contributed by atoms with E-state index in [0.717, 1.165) is 5.56 Å². The van der Waals surface area contributed by atoms with Crippen molar-refractivity contribution >= 4 is 23.5 Å². The number of aliphatic carboxylic acids is 1. The van der Waals surface area contributed by atoms with Gasteiger partial charge in [0.05, 0.1) is 5.41 Å². The molecule has 2 aromatic carbocycles. The zero-order chi connectivity index (χ0) is 18.7. The first kappa shape index (κ1) is 18.3. The summed E-state index contributed by atoms with van der Waals surface area (Å²) in [6.07, 6.45) is 0.457. The monoisotopic (exact) mass is 373 g/mol. The number of hydrogen-bond donors (Lipinski definition) is 1. The van der Waals surface area contributed by atoms with Crippen molar-refractivity contribution < 1.29 is 19.4 Å². The average molecular weight is 374 g/mol. The van der Waals surface area contributed by atoms with E-state index in [1.165, 1.54) is 0 Å². The molecule has 1 aliphatic rings. The van der Waals surface area contributed by atoms with Gasteiger partial charge in [-0.2, -0.15) is 0 Å². The van der Waals surface area contributed by atoms with Crippen LogP contribution in [0.4, 0.5) is 0 Å². The Hall–Kier alpha value is -2.53. The molecule has 0 aromatic heterocycles.